The van der Waals surface area contributed by atoms with Crippen LogP contribution in [0.3, 0.4) is 0 Å². The van der Waals surface area contributed by atoms with Crippen LogP contribution in [-0.4, -0.2) is 31.6 Å². The van der Waals surface area contributed by atoms with Crippen LogP contribution in [0.25, 0.3) is 0 Å². The summed E-state index contributed by atoms with van der Waals surface area (Å²) in [6.45, 7) is 0.159. The van der Waals surface area contributed by atoms with Crippen LogP contribution in [0.5, 0.6) is 5.75 Å². The molecular formula is C14H19ClF2N2O4. The number of hydrogen-bond acceptors (Lipinski definition) is 5. The topological polar surface area (TPSA) is 90.7 Å². The molecule has 6 nitrogen and oxygen atoms in total. The van der Waals surface area contributed by atoms with E-state index in [1.807, 2.05) is 0 Å². The number of carbonyl (C=O) groups is 2. The second-order valence-corrected chi connectivity index (χ2v) is 4.72. The summed E-state index contributed by atoms with van der Waals surface area (Å²) < 4.78 is 33.8. The normalized spacial score (nSPS) is 12.8. The average Bonchev–Trinajstić information content (AvgIpc) is 2.46. The van der Waals surface area contributed by atoms with Crippen LogP contribution in [0.4, 0.5) is 14.5 Å². The molecule has 0 spiro atoms. The molecule has 130 valence electrons. The van der Waals surface area contributed by atoms with Gasteiger partial charge in [0.2, 0.25) is 5.91 Å². The second-order valence-electron chi connectivity index (χ2n) is 4.72. The van der Waals surface area contributed by atoms with Crippen LogP contribution >= 0.6 is 12.4 Å². The highest BCUT2D eigenvalue weighted by molar-refractivity contribution is 5.96. The molecule has 0 radical (unpaired) electrons. The summed E-state index contributed by atoms with van der Waals surface area (Å²) >= 11 is 0. The molecule has 0 aliphatic carbocycles. The molecule has 0 aromatic heterocycles. The molecule has 0 bridgehead atoms. The third-order valence-corrected chi connectivity index (χ3v) is 3.08. The highest BCUT2D eigenvalue weighted by Crippen LogP contribution is 2.28. The standard InChI is InChI=1S/C14H18F2N2O4.ClH/c1-7(8(2)17)12(19)18-10-5-4-9(13(20)21-3)6-11(10)22-14(15)16;/h4-8,14H,17H2,1-3H3,(H,18,19);1H. The third-order valence-electron chi connectivity index (χ3n) is 3.08. The molecule has 1 aromatic rings. The number of nitrogens with one attached hydrogen (secondary N) is 1. The van der Waals surface area contributed by atoms with E-state index < -0.39 is 30.4 Å². The Kier molecular flexibility index (Phi) is 8.49. The zero-order valence-electron chi connectivity index (χ0n) is 12.8. The number of ether oxygens (including phenoxy) is 2. The fourth-order valence-electron chi connectivity index (χ4n) is 1.55. The molecule has 3 N–H and O–H groups in total. The lowest BCUT2D eigenvalue weighted by Gasteiger charge is -2.17. The van der Waals surface area contributed by atoms with Crippen LogP contribution in [0.15, 0.2) is 18.2 Å². The number of hydrogen-bond donors (Lipinski definition) is 2. The van der Waals surface area contributed by atoms with Gasteiger partial charge in [-0.25, -0.2) is 4.79 Å². The van der Waals surface area contributed by atoms with Crippen molar-refractivity contribution in [2.75, 3.05) is 12.4 Å². The number of halogens is 3. The summed E-state index contributed by atoms with van der Waals surface area (Å²) in [5.74, 6) is -2.01. The van der Waals surface area contributed by atoms with Crippen molar-refractivity contribution in [3.63, 3.8) is 0 Å². The van der Waals surface area contributed by atoms with Crippen molar-refractivity contribution >= 4 is 30.0 Å². The van der Waals surface area contributed by atoms with Crippen molar-refractivity contribution in [2.24, 2.45) is 11.7 Å². The van der Waals surface area contributed by atoms with E-state index in [1.165, 1.54) is 12.1 Å². The lowest BCUT2D eigenvalue weighted by molar-refractivity contribution is -0.119. The number of alkyl halides is 2. The van der Waals surface area contributed by atoms with Gasteiger partial charge in [-0.15, -0.1) is 12.4 Å². The zero-order valence-corrected chi connectivity index (χ0v) is 13.7. The van der Waals surface area contributed by atoms with Crippen LogP contribution in [-0.2, 0) is 9.53 Å². The molecule has 2 atom stereocenters. The van der Waals surface area contributed by atoms with E-state index in [9.17, 15) is 18.4 Å². The van der Waals surface area contributed by atoms with Gasteiger partial charge in [-0.05, 0) is 25.1 Å². The Morgan fingerprint density at radius 2 is 1.87 bits per heavy atom. The first-order valence-electron chi connectivity index (χ1n) is 6.49. The molecule has 0 fully saturated rings. The predicted molar refractivity (Wildman–Crippen MR) is 83.1 cm³/mol. The van der Waals surface area contributed by atoms with Gasteiger partial charge in [0.05, 0.1) is 24.3 Å². The molecular weight excluding hydrogens is 334 g/mol. The fourth-order valence-corrected chi connectivity index (χ4v) is 1.55. The van der Waals surface area contributed by atoms with E-state index >= 15 is 0 Å². The van der Waals surface area contributed by atoms with E-state index in [1.54, 1.807) is 13.8 Å². The molecule has 0 saturated heterocycles. The first kappa shape index (κ1) is 21.1. The maximum absolute atomic E-state index is 12.5. The molecule has 1 amide bonds. The zero-order chi connectivity index (χ0) is 16.9. The molecule has 9 heteroatoms. The lowest BCUT2D eigenvalue weighted by Crippen LogP contribution is -2.34. The number of methoxy groups -OCH3 is 1. The van der Waals surface area contributed by atoms with Gasteiger partial charge in [-0.3, -0.25) is 4.79 Å². The largest absolute Gasteiger partial charge is 0.465 e. The molecule has 0 saturated carbocycles. The number of carbonyl (C=O) groups excluding carboxylic acids is 2. The smallest absolute Gasteiger partial charge is 0.387 e. The van der Waals surface area contributed by atoms with Gasteiger partial charge < -0.3 is 20.5 Å². The number of anilines is 1. The maximum Gasteiger partial charge on any atom is 0.387 e. The Hall–Kier alpha value is -1.93. The molecule has 0 aliphatic heterocycles. The van der Waals surface area contributed by atoms with Crippen LogP contribution < -0.4 is 15.8 Å². The van der Waals surface area contributed by atoms with Crippen molar-refractivity contribution in [2.45, 2.75) is 26.5 Å². The fraction of sp³-hybridized carbons (Fsp3) is 0.429. The van der Waals surface area contributed by atoms with Crippen molar-refractivity contribution in [1.29, 1.82) is 0 Å². The molecule has 0 aliphatic rings. The minimum Gasteiger partial charge on any atom is -0.465 e. The monoisotopic (exact) mass is 352 g/mol. The van der Waals surface area contributed by atoms with Gasteiger partial charge in [-0.1, -0.05) is 6.92 Å². The SMILES string of the molecule is COC(=O)c1ccc(NC(=O)C(C)C(C)N)c(OC(F)F)c1.Cl. The Morgan fingerprint density at radius 1 is 1.26 bits per heavy atom. The first-order valence-corrected chi connectivity index (χ1v) is 6.49. The van der Waals surface area contributed by atoms with Gasteiger partial charge >= 0.3 is 12.6 Å². The summed E-state index contributed by atoms with van der Waals surface area (Å²) in [4.78, 5) is 23.4. The molecule has 23 heavy (non-hydrogen) atoms. The van der Waals surface area contributed by atoms with Crippen molar-refractivity contribution in [1.82, 2.24) is 0 Å². The van der Waals surface area contributed by atoms with Gasteiger partial charge in [0.25, 0.3) is 0 Å². The average molecular weight is 353 g/mol. The van der Waals surface area contributed by atoms with E-state index in [2.05, 4.69) is 14.8 Å². The minimum atomic E-state index is -3.10. The first-order chi connectivity index (χ1) is 10.3. The predicted octanol–water partition coefficient (Wildman–Crippen LogP) is 2.42. The summed E-state index contributed by atoms with van der Waals surface area (Å²) in [6.07, 6.45) is 0. The Bertz CT molecular complexity index is 556. The van der Waals surface area contributed by atoms with Crippen molar-refractivity contribution in [3.05, 3.63) is 23.8 Å². The Morgan fingerprint density at radius 3 is 2.35 bits per heavy atom. The lowest BCUT2D eigenvalue weighted by atomic mass is 10.0. The number of amides is 1. The summed E-state index contributed by atoms with van der Waals surface area (Å²) in [5.41, 5.74) is 5.66. The summed E-state index contributed by atoms with van der Waals surface area (Å²) in [6, 6.07) is 3.28. The van der Waals surface area contributed by atoms with E-state index in [0.29, 0.717) is 0 Å². The van der Waals surface area contributed by atoms with Crippen molar-refractivity contribution < 1.29 is 27.8 Å². The highest BCUT2D eigenvalue weighted by atomic mass is 35.5. The maximum atomic E-state index is 12.5. The van der Waals surface area contributed by atoms with Gasteiger partial charge in [0, 0.05) is 6.04 Å². The van der Waals surface area contributed by atoms with Gasteiger partial charge in [-0.2, -0.15) is 8.78 Å². The molecule has 1 rings (SSSR count). The number of esters is 1. The van der Waals surface area contributed by atoms with Gasteiger partial charge in [0.1, 0.15) is 5.75 Å². The Balaban J connectivity index is 0.00000484. The second kappa shape index (κ2) is 9.26. The number of benzene rings is 1. The van der Waals surface area contributed by atoms with Crippen LogP contribution in [0.2, 0.25) is 0 Å². The van der Waals surface area contributed by atoms with Crippen LogP contribution in [0, 0.1) is 5.92 Å². The number of nitrogens with two attached hydrogens (primary N) is 1. The minimum absolute atomic E-state index is 0. The molecule has 1 aromatic carbocycles. The third kappa shape index (κ3) is 5.99. The van der Waals surface area contributed by atoms with E-state index in [0.717, 1.165) is 13.2 Å². The molecule has 2 unspecified atom stereocenters. The van der Waals surface area contributed by atoms with Crippen LogP contribution in [0.1, 0.15) is 24.2 Å². The Labute approximate surface area is 138 Å². The van der Waals surface area contributed by atoms with Gasteiger partial charge in [0.15, 0.2) is 0 Å². The molecule has 0 heterocycles. The number of rotatable bonds is 6. The quantitative estimate of drug-likeness (QED) is 0.767. The van der Waals surface area contributed by atoms with E-state index in [-0.39, 0.29) is 29.4 Å². The summed E-state index contributed by atoms with van der Waals surface area (Å²) in [5, 5.41) is 2.45. The highest BCUT2D eigenvalue weighted by Gasteiger charge is 2.20. The van der Waals surface area contributed by atoms with Crippen molar-refractivity contribution in [3.8, 4) is 5.75 Å². The summed E-state index contributed by atoms with van der Waals surface area (Å²) in [7, 11) is 1.16. The van der Waals surface area contributed by atoms with E-state index in [4.69, 9.17) is 5.73 Å².